The number of benzene rings is 1. The molecular formula is C9H8F3NO2. The molecule has 1 atom stereocenters. The molecule has 1 aliphatic heterocycles. The van der Waals surface area contributed by atoms with Gasteiger partial charge in [0.15, 0.2) is 0 Å². The molecule has 1 heterocycles. The summed E-state index contributed by atoms with van der Waals surface area (Å²) >= 11 is 0. The molecule has 1 aromatic rings. The molecule has 0 saturated heterocycles. The van der Waals surface area contributed by atoms with E-state index in [4.69, 9.17) is 10.5 Å². The molecule has 3 nitrogen and oxygen atoms in total. The second-order valence-corrected chi connectivity index (χ2v) is 3.16. The van der Waals surface area contributed by atoms with E-state index in [1.165, 1.54) is 18.2 Å². The van der Waals surface area contributed by atoms with E-state index < -0.39 is 12.4 Å². The van der Waals surface area contributed by atoms with Crippen molar-refractivity contribution in [1.29, 1.82) is 0 Å². The van der Waals surface area contributed by atoms with Crippen molar-refractivity contribution in [3.63, 3.8) is 0 Å². The Kier molecular flexibility index (Phi) is 2.22. The van der Waals surface area contributed by atoms with Gasteiger partial charge in [-0.1, -0.05) is 0 Å². The molecule has 82 valence electrons. The molecule has 0 fully saturated rings. The number of rotatable bonds is 1. The van der Waals surface area contributed by atoms with Gasteiger partial charge in [-0.3, -0.25) is 0 Å². The number of halogens is 3. The SMILES string of the molecule is N[C@@H]1COc2ccc(OC(F)(F)F)cc21. The van der Waals surface area contributed by atoms with Gasteiger partial charge in [-0.2, -0.15) is 0 Å². The maximum atomic E-state index is 11.9. The van der Waals surface area contributed by atoms with Crippen molar-refractivity contribution >= 4 is 0 Å². The molecule has 0 saturated carbocycles. The Labute approximate surface area is 83.6 Å². The molecule has 15 heavy (non-hydrogen) atoms. The highest BCUT2D eigenvalue weighted by molar-refractivity contribution is 5.44. The standard InChI is InChI=1S/C9H8F3NO2/c10-9(11,12)15-5-1-2-8-6(3-5)7(13)4-14-8/h1-3,7H,4,13H2/t7-/m1/s1. The Morgan fingerprint density at radius 1 is 1.40 bits per heavy atom. The lowest BCUT2D eigenvalue weighted by Crippen LogP contribution is -2.17. The molecule has 0 spiro atoms. The molecular weight excluding hydrogens is 211 g/mol. The van der Waals surface area contributed by atoms with Crippen LogP contribution in [0.25, 0.3) is 0 Å². The van der Waals surface area contributed by atoms with Gasteiger partial charge in [0.2, 0.25) is 0 Å². The minimum absolute atomic E-state index is 0.276. The first-order chi connectivity index (χ1) is 6.96. The molecule has 1 aromatic carbocycles. The van der Waals surface area contributed by atoms with Gasteiger partial charge >= 0.3 is 6.36 Å². The third-order valence-corrected chi connectivity index (χ3v) is 2.03. The quantitative estimate of drug-likeness (QED) is 0.785. The summed E-state index contributed by atoms with van der Waals surface area (Å²) in [6, 6.07) is 3.48. The smallest absolute Gasteiger partial charge is 0.491 e. The fourth-order valence-corrected chi connectivity index (χ4v) is 1.41. The van der Waals surface area contributed by atoms with Crippen molar-refractivity contribution < 1.29 is 22.6 Å². The third kappa shape index (κ3) is 2.15. The number of hydrogen-bond acceptors (Lipinski definition) is 3. The average molecular weight is 219 g/mol. The number of alkyl halides is 3. The fourth-order valence-electron chi connectivity index (χ4n) is 1.41. The second kappa shape index (κ2) is 3.30. The van der Waals surface area contributed by atoms with Gasteiger partial charge in [0.25, 0.3) is 0 Å². The molecule has 6 heteroatoms. The van der Waals surface area contributed by atoms with Crippen LogP contribution < -0.4 is 15.2 Å². The van der Waals surface area contributed by atoms with E-state index in [1.54, 1.807) is 0 Å². The molecule has 0 amide bonds. The topological polar surface area (TPSA) is 44.5 Å². The molecule has 2 N–H and O–H groups in total. The van der Waals surface area contributed by atoms with Crippen LogP contribution >= 0.6 is 0 Å². The molecule has 0 unspecified atom stereocenters. The van der Waals surface area contributed by atoms with Crippen LogP contribution in [0.3, 0.4) is 0 Å². The zero-order valence-electron chi connectivity index (χ0n) is 7.54. The van der Waals surface area contributed by atoms with Crippen LogP contribution in [0.1, 0.15) is 11.6 Å². The first-order valence-corrected chi connectivity index (χ1v) is 4.24. The largest absolute Gasteiger partial charge is 0.573 e. The first kappa shape index (κ1) is 10.1. The highest BCUT2D eigenvalue weighted by Gasteiger charge is 2.32. The van der Waals surface area contributed by atoms with Crippen LogP contribution in [0.4, 0.5) is 13.2 Å². The van der Waals surface area contributed by atoms with Gasteiger partial charge in [0.05, 0.1) is 6.04 Å². The summed E-state index contributed by atoms with van der Waals surface area (Å²) < 4.78 is 44.6. The van der Waals surface area contributed by atoms with Crippen LogP contribution in [-0.2, 0) is 0 Å². The highest BCUT2D eigenvalue weighted by atomic mass is 19.4. The molecule has 0 bridgehead atoms. The lowest BCUT2D eigenvalue weighted by Gasteiger charge is -2.10. The number of fused-ring (bicyclic) bond motifs is 1. The minimum atomic E-state index is -4.68. The van der Waals surface area contributed by atoms with E-state index in [-0.39, 0.29) is 12.4 Å². The number of hydrogen-bond donors (Lipinski definition) is 1. The molecule has 0 aromatic heterocycles. The average Bonchev–Trinajstić information content (AvgIpc) is 2.45. The van der Waals surface area contributed by atoms with Crippen LogP contribution in [0, 0.1) is 0 Å². The van der Waals surface area contributed by atoms with E-state index in [0.29, 0.717) is 11.3 Å². The Hall–Kier alpha value is -1.43. The van der Waals surface area contributed by atoms with Crippen molar-refractivity contribution in [1.82, 2.24) is 0 Å². The van der Waals surface area contributed by atoms with Gasteiger partial charge in [-0.25, -0.2) is 0 Å². The highest BCUT2D eigenvalue weighted by Crippen LogP contribution is 2.35. The van der Waals surface area contributed by atoms with E-state index >= 15 is 0 Å². The Morgan fingerprint density at radius 3 is 2.80 bits per heavy atom. The number of nitrogens with two attached hydrogens (primary N) is 1. The van der Waals surface area contributed by atoms with Crippen LogP contribution in [0.5, 0.6) is 11.5 Å². The Morgan fingerprint density at radius 2 is 2.13 bits per heavy atom. The predicted octanol–water partition coefficient (Wildman–Crippen LogP) is 1.98. The second-order valence-electron chi connectivity index (χ2n) is 3.16. The van der Waals surface area contributed by atoms with Gasteiger partial charge < -0.3 is 15.2 Å². The number of ether oxygens (including phenoxy) is 2. The summed E-state index contributed by atoms with van der Waals surface area (Å²) in [5.41, 5.74) is 6.16. The Balaban J connectivity index is 2.26. The van der Waals surface area contributed by atoms with Gasteiger partial charge in [0, 0.05) is 5.56 Å². The van der Waals surface area contributed by atoms with Crippen molar-refractivity contribution in [3.05, 3.63) is 23.8 Å². The molecule has 0 aliphatic carbocycles. The van der Waals surface area contributed by atoms with Gasteiger partial charge in [0.1, 0.15) is 18.1 Å². The maximum absolute atomic E-state index is 11.9. The molecule has 2 rings (SSSR count). The summed E-state index contributed by atoms with van der Waals surface area (Å²) in [7, 11) is 0. The van der Waals surface area contributed by atoms with Crippen molar-refractivity contribution in [3.8, 4) is 11.5 Å². The summed E-state index contributed by atoms with van der Waals surface area (Å²) in [6.07, 6.45) is -4.68. The zero-order valence-corrected chi connectivity index (χ0v) is 7.54. The first-order valence-electron chi connectivity index (χ1n) is 4.24. The lowest BCUT2D eigenvalue weighted by molar-refractivity contribution is -0.274. The van der Waals surface area contributed by atoms with Crippen LogP contribution in [0.15, 0.2) is 18.2 Å². The third-order valence-electron chi connectivity index (χ3n) is 2.03. The predicted molar refractivity (Wildman–Crippen MR) is 45.5 cm³/mol. The summed E-state index contributed by atoms with van der Waals surface area (Å²) in [6.45, 7) is 0.283. The van der Waals surface area contributed by atoms with Gasteiger partial charge in [-0.15, -0.1) is 13.2 Å². The summed E-state index contributed by atoms with van der Waals surface area (Å²) in [5.74, 6) is 0.235. The molecule has 0 radical (unpaired) electrons. The summed E-state index contributed by atoms with van der Waals surface area (Å²) in [4.78, 5) is 0. The minimum Gasteiger partial charge on any atom is -0.491 e. The normalized spacial score (nSPS) is 19.6. The van der Waals surface area contributed by atoms with Crippen LogP contribution in [0.2, 0.25) is 0 Å². The molecule has 1 aliphatic rings. The monoisotopic (exact) mass is 219 g/mol. The van der Waals surface area contributed by atoms with E-state index in [9.17, 15) is 13.2 Å². The Bertz CT molecular complexity index is 378. The lowest BCUT2D eigenvalue weighted by atomic mass is 10.1. The van der Waals surface area contributed by atoms with Crippen molar-refractivity contribution in [2.75, 3.05) is 6.61 Å². The fraction of sp³-hybridized carbons (Fsp3) is 0.333. The van der Waals surface area contributed by atoms with E-state index in [0.717, 1.165) is 0 Å². The van der Waals surface area contributed by atoms with Crippen molar-refractivity contribution in [2.45, 2.75) is 12.4 Å². The van der Waals surface area contributed by atoms with E-state index in [2.05, 4.69) is 4.74 Å². The van der Waals surface area contributed by atoms with Gasteiger partial charge in [-0.05, 0) is 18.2 Å². The van der Waals surface area contributed by atoms with E-state index in [1.807, 2.05) is 0 Å². The van der Waals surface area contributed by atoms with Crippen LogP contribution in [-0.4, -0.2) is 13.0 Å². The van der Waals surface area contributed by atoms with Crippen molar-refractivity contribution in [2.24, 2.45) is 5.73 Å². The summed E-state index contributed by atoms with van der Waals surface area (Å²) in [5, 5.41) is 0. The zero-order chi connectivity index (χ0) is 11.1. The maximum Gasteiger partial charge on any atom is 0.573 e.